The Bertz CT molecular complexity index is 3660. The summed E-state index contributed by atoms with van der Waals surface area (Å²) in [4.78, 5) is 2.34. The van der Waals surface area contributed by atoms with Crippen molar-refractivity contribution < 1.29 is 8.83 Å². The van der Waals surface area contributed by atoms with E-state index in [1.54, 1.807) is 0 Å². The molecule has 0 spiro atoms. The van der Waals surface area contributed by atoms with E-state index < -0.39 is 0 Å². The molecule has 0 aliphatic heterocycles. The van der Waals surface area contributed by atoms with E-state index in [1.165, 1.54) is 44.5 Å². The van der Waals surface area contributed by atoms with Crippen LogP contribution in [0.5, 0.6) is 0 Å². The van der Waals surface area contributed by atoms with Crippen molar-refractivity contribution in [2.24, 2.45) is 0 Å². The lowest BCUT2D eigenvalue weighted by Crippen LogP contribution is -2.14. The van der Waals surface area contributed by atoms with Crippen LogP contribution in [0.3, 0.4) is 0 Å². The Labute approximate surface area is 383 Å². The van der Waals surface area contributed by atoms with Crippen LogP contribution in [0.4, 0.5) is 17.1 Å². The zero-order valence-electron chi connectivity index (χ0n) is 36.6. The van der Waals surface area contributed by atoms with Crippen molar-refractivity contribution in [3.63, 3.8) is 0 Å². The van der Waals surface area contributed by atoms with Crippen LogP contribution in [-0.2, 0) is 5.41 Å². The average molecular weight is 846 g/mol. The fourth-order valence-electron chi connectivity index (χ4n) is 10.4. The Kier molecular flexibility index (Phi) is 8.56. The van der Waals surface area contributed by atoms with Crippen molar-refractivity contribution in [3.8, 4) is 55.6 Å². The summed E-state index contributed by atoms with van der Waals surface area (Å²) in [7, 11) is 0. The first-order valence-electron chi connectivity index (χ1n) is 22.7. The molecule has 2 heterocycles. The molecule has 10 aromatic carbocycles. The van der Waals surface area contributed by atoms with Crippen molar-refractivity contribution in [2.75, 3.05) is 4.90 Å². The van der Waals surface area contributed by atoms with Crippen molar-refractivity contribution >= 4 is 60.9 Å². The van der Waals surface area contributed by atoms with Gasteiger partial charge in [-0.05, 0) is 146 Å². The molecule has 0 N–H and O–H groups in total. The van der Waals surface area contributed by atoms with Crippen LogP contribution < -0.4 is 4.90 Å². The first-order chi connectivity index (χ1) is 32.4. The molecule has 0 atom stereocenters. The molecule has 66 heavy (non-hydrogen) atoms. The summed E-state index contributed by atoms with van der Waals surface area (Å²) in [5, 5.41) is 4.52. The lowest BCUT2D eigenvalue weighted by molar-refractivity contribution is 0.660. The van der Waals surface area contributed by atoms with Crippen LogP contribution in [0, 0.1) is 0 Å². The second-order valence-corrected chi connectivity index (χ2v) is 18.1. The largest absolute Gasteiger partial charge is 0.456 e. The number of fused-ring (bicyclic) bond motifs is 9. The van der Waals surface area contributed by atoms with Gasteiger partial charge in [0.1, 0.15) is 22.3 Å². The standard InChI is InChI=1S/C63H43NO2/c1-63(2)57-12-6-3-9-51(57)54-37-45(25-34-58(54)63)42-17-15-40(16-18-42)41-19-28-48(29-20-41)64(49-30-21-43(22-31-49)46-26-35-61-55(38-46)52-10-4-7-13-59(52)65-61)50-32-23-44(24-33-50)47-27-36-62-56(39-47)53-11-5-8-14-60(53)66-62/h3-39H,1-2H3. The molecule has 2 aromatic heterocycles. The van der Waals surface area contributed by atoms with E-state index in [2.05, 4.69) is 219 Å². The molecular formula is C63H43NO2. The van der Waals surface area contributed by atoms with Crippen LogP contribution in [0.2, 0.25) is 0 Å². The molecule has 1 aliphatic carbocycles. The average Bonchev–Trinajstić information content (AvgIpc) is 4.01. The van der Waals surface area contributed by atoms with Gasteiger partial charge in [0.15, 0.2) is 0 Å². The zero-order chi connectivity index (χ0) is 43.9. The highest BCUT2D eigenvalue weighted by Crippen LogP contribution is 2.49. The minimum Gasteiger partial charge on any atom is -0.456 e. The van der Waals surface area contributed by atoms with Crippen molar-refractivity contribution in [1.82, 2.24) is 0 Å². The predicted octanol–water partition coefficient (Wildman–Crippen LogP) is 17.9. The zero-order valence-corrected chi connectivity index (χ0v) is 36.6. The maximum atomic E-state index is 6.14. The van der Waals surface area contributed by atoms with E-state index >= 15 is 0 Å². The number of hydrogen-bond acceptors (Lipinski definition) is 3. The van der Waals surface area contributed by atoms with Crippen molar-refractivity contribution in [1.29, 1.82) is 0 Å². The van der Waals surface area contributed by atoms with Crippen molar-refractivity contribution in [3.05, 3.63) is 236 Å². The quantitative estimate of drug-likeness (QED) is 0.160. The number of nitrogens with zero attached hydrogens (tertiary/aromatic N) is 1. The molecule has 0 saturated carbocycles. The maximum Gasteiger partial charge on any atom is 0.135 e. The first kappa shape index (κ1) is 38.1. The smallest absolute Gasteiger partial charge is 0.135 e. The minimum absolute atomic E-state index is 0.00176. The number of anilines is 3. The fraction of sp³-hybridized carbons (Fsp3) is 0.0476. The van der Waals surface area contributed by atoms with Gasteiger partial charge in [0.2, 0.25) is 0 Å². The Morgan fingerprint density at radius 3 is 1.14 bits per heavy atom. The molecule has 312 valence electrons. The second-order valence-electron chi connectivity index (χ2n) is 18.1. The number of furan rings is 2. The number of hydrogen-bond donors (Lipinski definition) is 0. The topological polar surface area (TPSA) is 29.5 Å². The van der Waals surface area contributed by atoms with E-state index in [0.717, 1.165) is 83.2 Å². The van der Waals surface area contributed by atoms with Gasteiger partial charge in [-0.15, -0.1) is 0 Å². The molecule has 0 saturated heterocycles. The number of para-hydroxylation sites is 2. The van der Waals surface area contributed by atoms with Gasteiger partial charge in [-0.2, -0.15) is 0 Å². The summed E-state index contributed by atoms with van der Waals surface area (Å²) in [5.74, 6) is 0. The number of benzene rings is 10. The van der Waals surface area contributed by atoms with Crippen LogP contribution in [0.1, 0.15) is 25.0 Å². The lowest BCUT2D eigenvalue weighted by Gasteiger charge is -2.26. The van der Waals surface area contributed by atoms with E-state index in [9.17, 15) is 0 Å². The summed E-state index contributed by atoms with van der Waals surface area (Å²) in [5.41, 5.74) is 21.7. The lowest BCUT2D eigenvalue weighted by atomic mass is 9.82. The van der Waals surface area contributed by atoms with E-state index in [-0.39, 0.29) is 5.41 Å². The highest BCUT2D eigenvalue weighted by atomic mass is 16.3. The first-order valence-corrected chi connectivity index (χ1v) is 22.7. The molecule has 3 heteroatoms. The highest BCUT2D eigenvalue weighted by molar-refractivity contribution is 6.07. The summed E-state index contributed by atoms with van der Waals surface area (Å²) in [6, 6.07) is 81.0. The van der Waals surface area contributed by atoms with Crippen LogP contribution in [0.15, 0.2) is 233 Å². The fourth-order valence-corrected chi connectivity index (χ4v) is 10.4. The van der Waals surface area contributed by atoms with Gasteiger partial charge in [0.05, 0.1) is 0 Å². The molecule has 0 unspecified atom stereocenters. The summed E-state index contributed by atoms with van der Waals surface area (Å²) < 4.78 is 12.3. The van der Waals surface area contributed by atoms with Gasteiger partial charge in [-0.3, -0.25) is 0 Å². The molecule has 13 rings (SSSR count). The summed E-state index contributed by atoms with van der Waals surface area (Å²) in [6.45, 7) is 4.67. The molecule has 1 aliphatic rings. The Hall–Kier alpha value is -8.40. The SMILES string of the molecule is CC1(C)c2ccccc2-c2cc(-c3ccc(-c4ccc(N(c5ccc(-c6ccc7oc8ccccc8c7c6)cc5)c5ccc(-c6ccc7oc8ccccc8c7c6)cc5)cc4)cc3)ccc21. The minimum atomic E-state index is 0.00176. The maximum absolute atomic E-state index is 6.14. The Morgan fingerprint density at radius 2 is 0.636 bits per heavy atom. The molecule has 12 aromatic rings. The molecule has 0 amide bonds. The monoisotopic (exact) mass is 845 g/mol. The van der Waals surface area contributed by atoms with Gasteiger partial charge in [0.25, 0.3) is 0 Å². The van der Waals surface area contributed by atoms with Crippen molar-refractivity contribution in [2.45, 2.75) is 19.3 Å². The van der Waals surface area contributed by atoms with Gasteiger partial charge < -0.3 is 13.7 Å². The normalized spacial score (nSPS) is 12.8. The third-order valence-corrected chi connectivity index (χ3v) is 13.9. The third kappa shape index (κ3) is 6.19. The molecule has 0 bridgehead atoms. The number of rotatable bonds is 7. The molecule has 3 nitrogen and oxygen atoms in total. The Balaban J connectivity index is 0.831. The predicted molar refractivity (Wildman–Crippen MR) is 275 cm³/mol. The molecule has 0 fully saturated rings. The van der Waals surface area contributed by atoms with Gasteiger partial charge in [-0.25, -0.2) is 0 Å². The Morgan fingerprint density at radius 1 is 0.288 bits per heavy atom. The molecular weight excluding hydrogens is 803 g/mol. The van der Waals surface area contributed by atoms with E-state index in [1.807, 2.05) is 24.3 Å². The molecule has 0 radical (unpaired) electrons. The van der Waals surface area contributed by atoms with Gasteiger partial charge in [-0.1, -0.05) is 159 Å². The second kappa shape index (κ2) is 14.8. The third-order valence-electron chi connectivity index (χ3n) is 13.9. The van der Waals surface area contributed by atoms with Crippen LogP contribution in [0.25, 0.3) is 99.5 Å². The highest BCUT2D eigenvalue weighted by Gasteiger charge is 2.35. The van der Waals surface area contributed by atoms with E-state index in [0.29, 0.717) is 0 Å². The summed E-state index contributed by atoms with van der Waals surface area (Å²) >= 11 is 0. The van der Waals surface area contributed by atoms with Crippen LogP contribution in [-0.4, -0.2) is 0 Å². The van der Waals surface area contributed by atoms with Crippen LogP contribution >= 0.6 is 0 Å². The van der Waals surface area contributed by atoms with Gasteiger partial charge >= 0.3 is 0 Å². The van der Waals surface area contributed by atoms with Gasteiger partial charge in [0, 0.05) is 44.0 Å². The summed E-state index contributed by atoms with van der Waals surface area (Å²) in [6.07, 6.45) is 0. The van der Waals surface area contributed by atoms with E-state index in [4.69, 9.17) is 8.83 Å².